The van der Waals surface area contributed by atoms with E-state index in [9.17, 15) is 35.1 Å². The average Bonchev–Trinajstić information content (AvgIpc) is 1.69. The lowest BCUT2D eigenvalue weighted by molar-refractivity contribution is 0.0983. The van der Waals surface area contributed by atoms with Crippen LogP contribution in [0.15, 0.2) is 128 Å². The molecule has 4 atom stereocenters. The van der Waals surface area contributed by atoms with E-state index in [1.807, 2.05) is 95.3 Å². The highest BCUT2D eigenvalue weighted by atomic mass is 35.5. The van der Waals surface area contributed by atoms with E-state index in [-0.39, 0.29) is 78.8 Å². The van der Waals surface area contributed by atoms with Gasteiger partial charge in [-0.3, -0.25) is 14.7 Å². The lowest BCUT2D eigenvalue weighted by atomic mass is 10.0. The summed E-state index contributed by atoms with van der Waals surface area (Å²) in [5.41, 5.74) is 19.8. The van der Waals surface area contributed by atoms with Crippen LogP contribution < -0.4 is 29.4 Å². The summed E-state index contributed by atoms with van der Waals surface area (Å²) in [4.78, 5) is 65.4. The lowest BCUT2D eigenvalue weighted by Gasteiger charge is -2.09. The number of Topliss-reactive ketones (excluding diaryl/α,β-unsaturated/α-hetero) is 2. The third kappa shape index (κ3) is 34.7. The minimum atomic E-state index is -0.413. The molecule has 0 radical (unpaired) electrons. The van der Waals surface area contributed by atoms with Crippen LogP contribution in [0.2, 0.25) is 36.7 Å². The molecule has 0 unspecified atom stereocenters. The Morgan fingerprint density at radius 3 is 1.13 bits per heavy atom. The molecule has 0 saturated heterocycles. The number of hydrogen-bond donors (Lipinski definition) is 8. The molecule has 11 aromatic rings. The summed E-state index contributed by atoms with van der Waals surface area (Å²) in [5, 5.41) is 65.1. The fourth-order valence-electron chi connectivity index (χ4n) is 11.0. The number of aliphatic hydroxyl groups is 6. The standard InChI is InChI=1S/C19H21ClN4O2.2C18H21ClN2O3.2C14H12Cl2N2O2.C3H9NO/c1-11-6-13(8-15(7-11)26-3)18-16(10-21-24-18)17-9-14(5-4-12(2)25)22-19(20)23-17;2*1-11-6-13(8-16(7-11)24-3)17(23)10-15-9-14(5-4-12(2)22)20-18(19)21-15;2*1-8-3-9(5-11(4-8)20-2)12(19)6-10-7-13(15)18-14(16)17-10;1-3(5)2-4/h6-10,12,25H,4-5H2,1-3H3,(H,21,24);6-9,12,22H,4-5,10H2,1-3H3;6-10,12,22-23H,4-5H2,1-3H3;3-5,7H,6H2,1-2H3;3-7,19H,1-2H3;3,5H,2,4H2,1H3/b;;17-10+;;12-6+;/t3*12-;;;3-/m000..0/s1. The lowest BCUT2D eigenvalue weighted by Crippen LogP contribution is -2.14. The number of carbonyl (C=O) groups is 2. The molecule has 6 heterocycles. The number of ether oxygens (including phenoxy) is 5. The van der Waals surface area contributed by atoms with E-state index in [1.165, 1.54) is 24.3 Å². The molecular weight excluding hydrogens is 1670 g/mol. The van der Waals surface area contributed by atoms with Gasteiger partial charge in [-0.25, -0.2) is 49.8 Å². The van der Waals surface area contributed by atoms with Crippen molar-refractivity contribution < 1.29 is 63.9 Å². The second-order valence-corrected chi connectivity index (χ2v) is 29.8. The summed E-state index contributed by atoms with van der Waals surface area (Å²) in [6, 6.07) is 36.1. The Morgan fingerprint density at radius 2 is 0.723 bits per heavy atom. The number of aryl methyl sites for hydroxylation is 8. The molecule has 6 aromatic heterocycles. The van der Waals surface area contributed by atoms with Crippen molar-refractivity contribution in [3.05, 3.63) is 254 Å². The van der Waals surface area contributed by atoms with Crippen LogP contribution >= 0.6 is 81.2 Å². The molecule has 0 spiro atoms. The number of aliphatic hydroxyl groups excluding tert-OH is 6. The third-order valence-electron chi connectivity index (χ3n) is 16.7. The molecule has 5 aromatic carbocycles. The van der Waals surface area contributed by atoms with E-state index < -0.39 is 18.3 Å². The molecule has 0 aliphatic heterocycles. The molecule has 0 saturated carbocycles. The topological polar surface area (TPSA) is 385 Å². The molecule has 9 N–H and O–H groups in total. The number of nitrogens with one attached hydrogen (secondary N) is 1. The van der Waals surface area contributed by atoms with Crippen molar-refractivity contribution in [2.24, 2.45) is 5.73 Å². The first-order chi connectivity index (χ1) is 56.4. The molecule has 33 heteroatoms. The second kappa shape index (κ2) is 48.9. The number of methoxy groups -OCH3 is 5. The SMILES string of the molecule is COc1cc(C)cc(-c2[nH]ncc2-c2cc(CC[C@H](C)O)nc(Cl)n2)c1.COc1cc(C)cc(/C(O)=C\c2cc(CC[C@H](C)O)nc(Cl)n2)c1.COc1cc(C)cc(/C(O)=C\c2cc(Cl)nc(Cl)n2)c1.COc1cc(C)cc(C(=O)Cc2cc(CC[C@H](C)O)nc(Cl)n2)c1.COc1cc(C)cc(C(=O)Cc2cc(Cl)nc(Cl)n2)c1.C[C@H](O)CN. The number of aromatic nitrogens is 12. The molecule has 0 fully saturated rings. The molecule has 632 valence electrons. The number of ketones is 2. The highest BCUT2D eigenvalue weighted by Gasteiger charge is 2.19. The van der Waals surface area contributed by atoms with E-state index in [4.69, 9.17) is 116 Å². The normalized spacial score (nSPS) is 12.0. The van der Waals surface area contributed by atoms with Gasteiger partial charge in [-0.1, -0.05) is 23.2 Å². The fraction of sp³-hybridized carbons (Fsp3) is 0.314. The van der Waals surface area contributed by atoms with E-state index in [1.54, 1.807) is 112 Å². The Labute approximate surface area is 726 Å². The molecular formula is C86H96Cl7N13O13. The van der Waals surface area contributed by atoms with Gasteiger partial charge >= 0.3 is 0 Å². The van der Waals surface area contributed by atoms with Crippen molar-refractivity contribution in [3.8, 4) is 51.3 Å². The maximum Gasteiger partial charge on any atom is 0.224 e. The number of aromatic amines is 1. The molecule has 0 bridgehead atoms. The van der Waals surface area contributed by atoms with Crippen LogP contribution in [-0.4, -0.2) is 169 Å². The monoisotopic (exact) mass is 1760 g/mol. The predicted octanol–water partition coefficient (Wildman–Crippen LogP) is 17.8. The van der Waals surface area contributed by atoms with Crippen molar-refractivity contribution in [2.75, 3.05) is 42.1 Å². The predicted molar refractivity (Wildman–Crippen MR) is 468 cm³/mol. The van der Waals surface area contributed by atoms with Gasteiger partial charge in [0.25, 0.3) is 0 Å². The summed E-state index contributed by atoms with van der Waals surface area (Å²) in [7, 11) is 7.93. The smallest absolute Gasteiger partial charge is 0.224 e. The maximum absolute atomic E-state index is 12.5. The molecule has 0 aliphatic carbocycles. The number of carbonyl (C=O) groups excluding carboxylic acids is 2. The van der Waals surface area contributed by atoms with Crippen LogP contribution in [0.3, 0.4) is 0 Å². The number of nitrogens with zero attached hydrogens (tertiary/aromatic N) is 11. The second-order valence-electron chi connectivity index (χ2n) is 27.4. The van der Waals surface area contributed by atoms with Gasteiger partial charge in [0, 0.05) is 75.2 Å². The van der Waals surface area contributed by atoms with Gasteiger partial charge in [0.15, 0.2) is 11.6 Å². The van der Waals surface area contributed by atoms with Crippen LogP contribution in [0.5, 0.6) is 28.7 Å². The van der Waals surface area contributed by atoms with Gasteiger partial charge in [-0.2, -0.15) is 5.10 Å². The fourth-order valence-corrected chi connectivity index (χ4v) is 12.5. The Balaban J connectivity index is 0.000000228. The van der Waals surface area contributed by atoms with Crippen molar-refractivity contribution in [2.45, 2.75) is 138 Å². The molecule has 0 amide bonds. The summed E-state index contributed by atoms with van der Waals surface area (Å²) in [6.07, 6.45) is 6.97. The highest BCUT2D eigenvalue weighted by Crippen LogP contribution is 2.34. The Morgan fingerprint density at radius 1 is 0.395 bits per heavy atom. The molecule has 0 aliphatic rings. The number of rotatable bonds is 27. The van der Waals surface area contributed by atoms with Crippen molar-refractivity contribution in [1.29, 1.82) is 0 Å². The third-order valence-corrected chi connectivity index (χ3v) is 17.9. The molecule has 26 nitrogen and oxygen atoms in total. The first-order valence-corrected chi connectivity index (χ1v) is 39.7. The van der Waals surface area contributed by atoms with E-state index >= 15 is 0 Å². The molecule has 11 rings (SSSR count). The first kappa shape index (κ1) is 97.8. The highest BCUT2D eigenvalue weighted by molar-refractivity contribution is 6.32. The maximum atomic E-state index is 12.5. The van der Waals surface area contributed by atoms with Crippen LogP contribution in [0, 0.1) is 34.6 Å². The van der Waals surface area contributed by atoms with Gasteiger partial charge < -0.3 is 60.1 Å². The number of hydrogen-bond acceptors (Lipinski definition) is 25. The van der Waals surface area contributed by atoms with Crippen LogP contribution in [0.4, 0.5) is 0 Å². The van der Waals surface area contributed by atoms with Crippen LogP contribution in [-0.2, 0) is 32.1 Å². The zero-order valence-corrected chi connectivity index (χ0v) is 73.4. The number of nitrogens with two attached hydrogens (primary N) is 1. The van der Waals surface area contributed by atoms with Gasteiger partial charge in [0.2, 0.25) is 26.4 Å². The Bertz CT molecular complexity index is 5230. The van der Waals surface area contributed by atoms with Gasteiger partial charge in [0.1, 0.15) is 50.6 Å². The van der Waals surface area contributed by atoms with Crippen molar-refractivity contribution >= 4 is 116 Å². The number of benzene rings is 5. The van der Waals surface area contributed by atoms with Crippen molar-refractivity contribution in [3.63, 3.8) is 0 Å². The molecule has 119 heavy (non-hydrogen) atoms. The minimum Gasteiger partial charge on any atom is -0.507 e. The number of H-pyrrole nitrogens is 1. The van der Waals surface area contributed by atoms with E-state index in [0.29, 0.717) is 119 Å². The first-order valence-electron chi connectivity index (χ1n) is 37.0. The minimum absolute atomic E-state index is 0.0263. The van der Waals surface area contributed by atoms with Crippen LogP contribution in [0.25, 0.3) is 46.2 Å². The Kier molecular flexibility index (Phi) is 40.2. The van der Waals surface area contributed by atoms with E-state index in [2.05, 4.69) is 66.1 Å². The van der Waals surface area contributed by atoms with Gasteiger partial charge in [0.05, 0.1) is 113 Å². The summed E-state index contributed by atoms with van der Waals surface area (Å²) in [6.45, 7) is 16.9. The Hall–Kier alpha value is -10.0. The van der Waals surface area contributed by atoms with E-state index in [0.717, 1.165) is 67.5 Å². The zero-order valence-electron chi connectivity index (χ0n) is 68.1. The zero-order chi connectivity index (χ0) is 87.7. The average molecular weight is 1770 g/mol. The summed E-state index contributed by atoms with van der Waals surface area (Å²) in [5.74, 6) is 3.36. The summed E-state index contributed by atoms with van der Waals surface area (Å²) < 4.78 is 26.1. The quantitative estimate of drug-likeness (QED) is 0.0103. The van der Waals surface area contributed by atoms with Crippen LogP contribution in [0.1, 0.15) is 146 Å². The van der Waals surface area contributed by atoms with Gasteiger partial charge in [-0.15, -0.1) is 0 Å². The van der Waals surface area contributed by atoms with Crippen molar-refractivity contribution in [1.82, 2.24) is 60.0 Å². The number of halogens is 7. The summed E-state index contributed by atoms with van der Waals surface area (Å²) >= 11 is 41.0. The van der Waals surface area contributed by atoms with Gasteiger partial charge in [-0.05, 0) is 302 Å². The largest absolute Gasteiger partial charge is 0.507 e.